The lowest BCUT2D eigenvalue weighted by molar-refractivity contribution is -0.137. The highest BCUT2D eigenvalue weighted by molar-refractivity contribution is 5.94. The molecule has 1 heterocycles. The van der Waals surface area contributed by atoms with Crippen LogP contribution in [0.15, 0.2) is 0 Å². The molecule has 2 atom stereocenters. The van der Waals surface area contributed by atoms with Crippen molar-refractivity contribution in [2.45, 2.75) is 38.1 Å². The summed E-state index contributed by atoms with van der Waals surface area (Å²) in [6, 6.07) is -0.421. The van der Waals surface area contributed by atoms with Crippen LogP contribution in [0, 0.1) is 5.41 Å². The Bertz CT molecular complexity index is 277. The number of amides is 1. The first-order valence-electron chi connectivity index (χ1n) is 5.23. The molecule has 1 amide bonds. The van der Waals surface area contributed by atoms with E-state index in [1.807, 2.05) is 0 Å². The predicted octanol–water partition coefficient (Wildman–Crippen LogP) is -0.0369. The molecular formula is C10H16N2O2. The van der Waals surface area contributed by atoms with Gasteiger partial charge in [-0.05, 0) is 25.8 Å². The van der Waals surface area contributed by atoms with Crippen molar-refractivity contribution in [1.29, 1.82) is 0 Å². The zero-order valence-electron chi connectivity index (χ0n) is 8.21. The molecule has 78 valence electrons. The van der Waals surface area contributed by atoms with Crippen molar-refractivity contribution in [2.24, 2.45) is 11.1 Å². The third-order valence-electron chi connectivity index (χ3n) is 3.59. The molecule has 14 heavy (non-hydrogen) atoms. The Balaban J connectivity index is 2.27. The molecule has 1 saturated carbocycles. The molecule has 2 unspecified atom stereocenters. The zero-order chi connectivity index (χ0) is 10.2. The van der Waals surface area contributed by atoms with E-state index in [9.17, 15) is 9.59 Å². The van der Waals surface area contributed by atoms with Gasteiger partial charge in [0.1, 0.15) is 5.78 Å². The minimum atomic E-state index is -0.454. The fraction of sp³-hybridized carbons (Fsp3) is 0.800. The van der Waals surface area contributed by atoms with Gasteiger partial charge >= 0.3 is 0 Å². The first-order chi connectivity index (χ1) is 6.67. The third-order valence-corrected chi connectivity index (χ3v) is 3.59. The van der Waals surface area contributed by atoms with Gasteiger partial charge in [-0.1, -0.05) is 6.42 Å². The molecular weight excluding hydrogens is 180 g/mol. The average Bonchev–Trinajstić information content (AvgIpc) is 2.55. The number of rotatable bonds is 1. The predicted molar refractivity (Wildman–Crippen MR) is 51.5 cm³/mol. The quantitative estimate of drug-likeness (QED) is 0.618. The summed E-state index contributed by atoms with van der Waals surface area (Å²) in [6.07, 6.45) is 4.22. The normalized spacial score (nSPS) is 37.7. The van der Waals surface area contributed by atoms with Crippen LogP contribution in [-0.4, -0.2) is 24.3 Å². The Morgan fingerprint density at radius 2 is 2.21 bits per heavy atom. The maximum atomic E-state index is 11.9. The SMILES string of the molecule is NC(=O)C1NCCC12CCCCC2=O. The second kappa shape index (κ2) is 3.35. The van der Waals surface area contributed by atoms with Crippen LogP contribution in [0.5, 0.6) is 0 Å². The molecule has 1 spiro atoms. The summed E-state index contributed by atoms with van der Waals surface area (Å²) in [5, 5.41) is 3.05. The molecule has 1 aliphatic carbocycles. The lowest BCUT2D eigenvalue weighted by Gasteiger charge is -2.35. The Labute approximate surface area is 83.2 Å². The van der Waals surface area contributed by atoms with Crippen LogP contribution in [0.2, 0.25) is 0 Å². The summed E-state index contributed by atoms with van der Waals surface area (Å²) in [5.41, 5.74) is 4.86. The number of nitrogens with one attached hydrogen (secondary N) is 1. The van der Waals surface area contributed by atoms with Gasteiger partial charge in [-0.15, -0.1) is 0 Å². The van der Waals surface area contributed by atoms with Gasteiger partial charge in [0.25, 0.3) is 0 Å². The van der Waals surface area contributed by atoms with Gasteiger partial charge in [-0.2, -0.15) is 0 Å². The Morgan fingerprint density at radius 1 is 1.43 bits per heavy atom. The van der Waals surface area contributed by atoms with E-state index < -0.39 is 11.5 Å². The van der Waals surface area contributed by atoms with E-state index in [-0.39, 0.29) is 11.7 Å². The first kappa shape index (κ1) is 9.65. The molecule has 2 aliphatic rings. The molecule has 4 heteroatoms. The zero-order valence-corrected chi connectivity index (χ0v) is 8.21. The summed E-state index contributed by atoms with van der Waals surface area (Å²) in [5.74, 6) is -0.143. The van der Waals surface area contributed by atoms with Gasteiger partial charge < -0.3 is 11.1 Å². The maximum absolute atomic E-state index is 11.9. The van der Waals surface area contributed by atoms with E-state index in [1.165, 1.54) is 0 Å². The van der Waals surface area contributed by atoms with Gasteiger partial charge in [0.2, 0.25) is 5.91 Å². The molecule has 0 aromatic carbocycles. The Kier molecular flexibility index (Phi) is 2.31. The van der Waals surface area contributed by atoms with Gasteiger partial charge in [0.05, 0.1) is 11.5 Å². The molecule has 0 aromatic heterocycles. The number of nitrogens with two attached hydrogens (primary N) is 1. The number of hydrogen-bond acceptors (Lipinski definition) is 3. The fourth-order valence-corrected chi connectivity index (χ4v) is 2.84. The third kappa shape index (κ3) is 1.25. The van der Waals surface area contributed by atoms with Crippen molar-refractivity contribution in [2.75, 3.05) is 6.54 Å². The second-order valence-electron chi connectivity index (χ2n) is 4.33. The van der Waals surface area contributed by atoms with Crippen LogP contribution in [-0.2, 0) is 9.59 Å². The molecule has 1 saturated heterocycles. The van der Waals surface area contributed by atoms with Gasteiger partial charge in [-0.3, -0.25) is 9.59 Å². The van der Waals surface area contributed by atoms with E-state index in [1.54, 1.807) is 0 Å². The van der Waals surface area contributed by atoms with E-state index >= 15 is 0 Å². The highest BCUT2D eigenvalue weighted by atomic mass is 16.2. The highest BCUT2D eigenvalue weighted by Crippen LogP contribution is 2.42. The van der Waals surface area contributed by atoms with Gasteiger partial charge in [0, 0.05) is 6.42 Å². The lowest BCUT2D eigenvalue weighted by atomic mass is 9.68. The summed E-state index contributed by atoms with van der Waals surface area (Å²) in [7, 11) is 0. The molecule has 4 nitrogen and oxygen atoms in total. The number of carbonyl (C=O) groups excluding carboxylic acids is 2. The molecule has 1 aliphatic heterocycles. The van der Waals surface area contributed by atoms with Crippen molar-refractivity contribution in [3.63, 3.8) is 0 Å². The second-order valence-corrected chi connectivity index (χ2v) is 4.33. The molecule has 2 rings (SSSR count). The van der Waals surface area contributed by atoms with Crippen molar-refractivity contribution < 1.29 is 9.59 Å². The van der Waals surface area contributed by atoms with Crippen LogP contribution in [0.4, 0.5) is 0 Å². The maximum Gasteiger partial charge on any atom is 0.235 e. The molecule has 0 bridgehead atoms. The van der Waals surface area contributed by atoms with Crippen LogP contribution in [0.25, 0.3) is 0 Å². The number of Topliss-reactive ketones (excluding diaryl/α,β-unsaturated/α-hetero) is 1. The van der Waals surface area contributed by atoms with Crippen LogP contribution in [0.3, 0.4) is 0 Å². The smallest absolute Gasteiger partial charge is 0.235 e. The molecule has 0 aromatic rings. The standard InChI is InChI=1S/C10H16N2O2/c11-9(14)8-10(5-6-12-8)4-2-1-3-7(10)13/h8,12H,1-6H2,(H2,11,14). The molecule has 0 radical (unpaired) electrons. The van der Waals surface area contributed by atoms with Crippen molar-refractivity contribution in [3.8, 4) is 0 Å². The summed E-state index contributed by atoms with van der Waals surface area (Å²) in [6.45, 7) is 0.735. The topological polar surface area (TPSA) is 72.2 Å². The van der Waals surface area contributed by atoms with Crippen molar-refractivity contribution in [1.82, 2.24) is 5.32 Å². The minimum Gasteiger partial charge on any atom is -0.368 e. The van der Waals surface area contributed by atoms with E-state index in [4.69, 9.17) is 5.73 Å². The van der Waals surface area contributed by atoms with Crippen molar-refractivity contribution in [3.05, 3.63) is 0 Å². The van der Waals surface area contributed by atoms with Gasteiger partial charge in [-0.25, -0.2) is 0 Å². The number of carbonyl (C=O) groups is 2. The largest absolute Gasteiger partial charge is 0.368 e. The number of primary amides is 1. The summed E-state index contributed by atoms with van der Waals surface area (Å²) < 4.78 is 0. The Hall–Kier alpha value is -0.900. The number of hydrogen-bond donors (Lipinski definition) is 2. The fourth-order valence-electron chi connectivity index (χ4n) is 2.84. The monoisotopic (exact) mass is 196 g/mol. The van der Waals surface area contributed by atoms with Crippen molar-refractivity contribution >= 4 is 11.7 Å². The summed E-state index contributed by atoms with van der Waals surface area (Å²) in [4.78, 5) is 23.1. The van der Waals surface area contributed by atoms with Crippen LogP contribution >= 0.6 is 0 Å². The summed E-state index contributed by atoms with van der Waals surface area (Å²) >= 11 is 0. The van der Waals surface area contributed by atoms with E-state index in [2.05, 4.69) is 5.32 Å². The van der Waals surface area contributed by atoms with Gasteiger partial charge in [0.15, 0.2) is 0 Å². The highest BCUT2D eigenvalue weighted by Gasteiger charge is 2.51. The average molecular weight is 196 g/mol. The number of ketones is 1. The van der Waals surface area contributed by atoms with Crippen LogP contribution in [0.1, 0.15) is 32.1 Å². The van der Waals surface area contributed by atoms with Crippen LogP contribution < -0.4 is 11.1 Å². The Morgan fingerprint density at radius 3 is 2.86 bits per heavy atom. The molecule has 2 fully saturated rings. The minimum absolute atomic E-state index is 0.234. The van der Waals surface area contributed by atoms with E-state index in [0.29, 0.717) is 6.42 Å². The molecule has 3 N–H and O–H groups in total. The first-order valence-corrected chi connectivity index (χ1v) is 5.23. The van der Waals surface area contributed by atoms with E-state index in [0.717, 1.165) is 32.2 Å². The lowest BCUT2D eigenvalue weighted by Crippen LogP contribution is -2.51.